The van der Waals surface area contributed by atoms with Crippen LogP contribution in [0.2, 0.25) is 0 Å². The number of hydrogen-bond acceptors (Lipinski definition) is 4. The maximum absolute atomic E-state index is 13.4. The van der Waals surface area contributed by atoms with Gasteiger partial charge in [-0.3, -0.25) is 14.2 Å². The standard InChI is InChI=1S/C23H15F4N3O2S/c24-15-8-10-17(11-9-15)30-21(32)18-6-1-2-7-19(18)29-22(30)33-13-20(31)28-16-5-3-4-14(12-16)23(25,26)27/h1-12H,13H2,(H,28,31). The van der Waals surface area contributed by atoms with Crippen LogP contribution in [0.5, 0.6) is 0 Å². The van der Waals surface area contributed by atoms with E-state index < -0.39 is 29.0 Å². The first-order chi connectivity index (χ1) is 15.7. The Hall–Kier alpha value is -3.66. The lowest BCUT2D eigenvalue weighted by molar-refractivity contribution is -0.137. The zero-order valence-electron chi connectivity index (χ0n) is 16.8. The number of carbonyl (C=O) groups is 1. The summed E-state index contributed by atoms with van der Waals surface area (Å²) < 4.78 is 53.3. The van der Waals surface area contributed by atoms with Gasteiger partial charge in [-0.05, 0) is 54.6 Å². The molecule has 1 amide bonds. The Labute approximate surface area is 189 Å². The maximum Gasteiger partial charge on any atom is 0.416 e. The fourth-order valence-corrected chi connectivity index (χ4v) is 3.94. The highest BCUT2D eigenvalue weighted by atomic mass is 32.2. The van der Waals surface area contributed by atoms with E-state index in [1.165, 1.54) is 41.0 Å². The van der Waals surface area contributed by atoms with Crippen molar-refractivity contribution in [3.05, 3.63) is 94.5 Å². The van der Waals surface area contributed by atoms with Crippen LogP contribution >= 0.6 is 11.8 Å². The van der Waals surface area contributed by atoms with Crippen molar-refractivity contribution >= 4 is 34.3 Å². The number of thioether (sulfide) groups is 1. The molecular formula is C23H15F4N3O2S. The average Bonchev–Trinajstić information content (AvgIpc) is 2.78. The van der Waals surface area contributed by atoms with Gasteiger partial charge in [0.1, 0.15) is 5.82 Å². The molecule has 5 nitrogen and oxygen atoms in total. The molecule has 0 fully saturated rings. The smallest absolute Gasteiger partial charge is 0.325 e. The minimum atomic E-state index is -4.53. The van der Waals surface area contributed by atoms with E-state index >= 15 is 0 Å². The summed E-state index contributed by atoms with van der Waals surface area (Å²) in [5.74, 6) is -1.27. The van der Waals surface area contributed by atoms with Crippen molar-refractivity contribution in [2.45, 2.75) is 11.3 Å². The predicted molar refractivity (Wildman–Crippen MR) is 118 cm³/mol. The van der Waals surface area contributed by atoms with E-state index in [0.717, 1.165) is 23.9 Å². The van der Waals surface area contributed by atoms with Crippen LogP contribution in [0, 0.1) is 5.82 Å². The fourth-order valence-electron chi connectivity index (χ4n) is 3.13. The van der Waals surface area contributed by atoms with Crippen LogP contribution in [0.4, 0.5) is 23.2 Å². The summed E-state index contributed by atoms with van der Waals surface area (Å²) in [6.45, 7) is 0. The van der Waals surface area contributed by atoms with Crippen LogP contribution in [-0.4, -0.2) is 21.2 Å². The summed E-state index contributed by atoms with van der Waals surface area (Å²) in [6, 6.07) is 16.2. The molecule has 0 spiro atoms. The largest absolute Gasteiger partial charge is 0.416 e. The lowest BCUT2D eigenvalue weighted by Gasteiger charge is -2.13. The Morgan fingerprint density at radius 1 is 1.00 bits per heavy atom. The highest BCUT2D eigenvalue weighted by Gasteiger charge is 2.30. The van der Waals surface area contributed by atoms with Crippen molar-refractivity contribution in [3.63, 3.8) is 0 Å². The number of fused-ring (bicyclic) bond motifs is 1. The average molecular weight is 473 g/mol. The first kappa shape index (κ1) is 22.5. The molecule has 1 aromatic heterocycles. The molecule has 10 heteroatoms. The molecule has 0 aliphatic carbocycles. The van der Waals surface area contributed by atoms with Crippen LogP contribution in [-0.2, 0) is 11.0 Å². The molecule has 0 saturated carbocycles. The van der Waals surface area contributed by atoms with Crippen molar-refractivity contribution in [3.8, 4) is 5.69 Å². The Morgan fingerprint density at radius 3 is 2.45 bits per heavy atom. The molecule has 4 aromatic rings. The number of alkyl halides is 3. The predicted octanol–water partition coefficient (Wildman–Crippen LogP) is 5.27. The number of benzene rings is 3. The van der Waals surface area contributed by atoms with Gasteiger partial charge < -0.3 is 5.32 Å². The summed E-state index contributed by atoms with van der Waals surface area (Å²) >= 11 is 0.936. The second kappa shape index (κ2) is 9.07. The summed E-state index contributed by atoms with van der Waals surface area (Å²) in [5, 5.41) is 2.95. The molecule has 1 heterocycles. The fraction of sp³-hybridized carbons (Fsp3) is 0.0870. The van der Waals surface area contributed by atoms with Gasteiger partial charge in [0, 0.05) is 5.69 Å². The maximum atomic E-state index is 13.4. The second-order valence-corrected chi connectivity index (χ2v) is 7.89. The molecule has 3 aromatic carbocycles. The summed E-state index contributed by atoms with van der Waals surface area (Å²) in [5.41, 5.74) is -0.498. The van der Waals surface area contributed by atoms with E-state index in [1.54, 1.807) is 24.3 Å². The van der Waals surface area contributed by atoms with Gasteiger partial charge in [-0.1, -0.05) is 30.0 Å². The highest BCUT2D eigenvalue weighted by molar-refractivity contribution is 7.99. The Morgan fingerprint density at radius 2 is 1.73 bits per heavy atom. The summed E-state index contributed by atoms with van der Waals surface area (Å²) in [7, 11) is 0. The Bertz CT molecular complexity index is 1390. The third-order valence-electron chi connectivity index (χ3n) is 4.64. The van der Waals surface area contributed by atoms with E-state index in [9.17, 15) is 27.2 Å². The van der Waals surface area contributed by atoms with Gasteiger partial charge in [-0.2, -0.15) is 13.2 Å². The number of para-hydroxylation sites is 1. The van der Waals surface area contributed by atoms with Crippen LogP contribution < -0.4 is 10.9 Å². The quantitative estimate of drug-likeness (QED) is 0.244. The molecule has 0 atom stereocenters. The van der Waals surface area contributed by atoms with Crippen molar-refractivity contribution in [1.29, 1.82) is 0 Å². The molecule has 0 saturated heterocycles. The minimum Gasteiger partial charge on any atom is -0.325 e. The number of hydrogen-bond donors (Lipinski definition) is 1. The van der Waals surface area contributed by atoms with Crippen LogP contribution in [0.3, 0.4) is 0 Å². The molecule has 0 aliphatic heterocycles. The van der Waals surface area contributed by atoms with E-state index in [4.69, 9.17) is 0 Å². The first-order valence-corrected chi connectivity index (χ1v) is 10.6. The van der Waals surface area contributed by atoms with E-state index in [-0.39, 0.29) is 16.6 Å². The zero-order chi connectivity index (χ0) is 23.6. The molecule has 0 radical (unpaired) electrons. The van der Waals surface area contributed by atoms with E-state index in [1.807, 2.05) is 0 Å². The van der Waals surface area contributed by atoms with Crippen molar-refractivity contribution in [2.24, 2.45) is 0 Å². The lowest BCUT2D eigenvalue weighted by atomic mass is 10.2. The zero-order valence-corrected chi connectivity index (χ0v) is 17.6. The number of anilines is 1. The van der Waals surface area contributed by atoms with Crippen molar-refractivity contribution < 1.29 is 22.4 Å². The third-order valence-corrected chi connectivity index (χ3v) is 5.57. The molecule has 33 heavy (non-hydrogen) atoms. The monoisotopic (exact) mass is 473 g/mol. The van der Waals surface area contributed by atoms with Gasteiger partial charge in [0.15, 0.2) is 5.16 Å². The molecule has 4 rings (SSSR count). The number of halogens is 4. The van der Waals surface area contributed by atoms with Gasteiger partial charge in [0.05, 0.1) is 27.9 Å². The molecular weight excluding hydrogens is 458 g/mol. The Kier molecular flexibility index (Phi) is 6.19. The number of rotatable bonds is 5. The number of carbonyl (C=O) groups excluding carboxylic acids is 1. The van der Waals surface area contributed by atoms with E-state index in [0.29, 0.717) is 16.6 Å². The van der Waals surface area contributed by atoms with Crippen molar-refractivity contribution in [1.82, 2.24) is 9.55 Å². The van der Waals surface area contributed by atoms with Crippen LogP contribution in [0.1, 0.15) is 5.56 Å². The number of amides is 1. The lowest BCUT2D eigenvalue weighted by Crippen LogP contribution is -2.23. The Balaban J connectivity index is 1.62. The van der Waals surface area contributed by atoms with E-state index in [2.05, 4.69) is 10.3 Å². The third kappa shape index (κ3) is 5.06. The van der Waals surface area contributed by atoms with Gasteiger partial charge >= 0.3 is 6.18 Å². The number of aromatic nitrogens is 2. The molecule has 0 bridgehead atoms. The molecule has 0 aliphatic rings. The SMILES string of the molecule is O=C(CSc1nc2ccccc2c(=O)n1-c1ccc(F)cc1)Nc1cccc(C(F)(F)F)c1. The molecule has 1 N–H and O–H groups in total. The van der Waals surface area contributed by atoms with Gasteiger partial charge in [-0.25, -0.2) is 9.37 Å². The van der Waals surface area contributed by atoms with Crippen LogP contribution in [0.25, 0.3) is 16.6 Å². The van der Waals surface area contributed by atoms with Gasteiger partial charge in [0.25, 0.3) is 5.56 Å². The second-order valence-electron chi connectivity index (χ2n) is 6.94. The molecule has 168 valence electrons. The number of nitrogens with one attached hydrogen (secondary N) is 1. The minimum absolute atomic E-state index is 0.00202. The normalized spacial score (nSPS) is 11.5. The summed E-state index contributed by atoms with van der Waals surface area (Å²) in [4.78, 5) is 30.0. The van der Waals surface area contributed by atoms with Crippen LogP contribution in [0.15, 0.2) is 82.7 Å². The van der Waals surface area contributed by atoms with Gasteiger partial charge in [-0.15, -0.1) is 0 Å². The summed E-state index contributed by atoms with van der Waals surface area (Å²) in [6.07, 6.45) is -4.53. The number of nitrogens with zero attached hydrogens (tertiary/aromatic N) is 2. The van der Waals surface area contributed by atoms with Gasteiger partial charge in [0.2, 0.25) is 5.91 Å². The topological polar surface area (TPSA) is 64.0 Å². The van der Waals surface area contributed by atoms with Crippen molar-refractivity contribution in [2.75, 3.05) is 11.1 Å². The first-order valence-electron chi connectivity index (χ1n) is 9.60. The molecule has 0 unspecified atom stereocenters. The highest BCUT2D eigenvalue weighted by Crippen LogP contribution is 2.30.